The van der Waals surface area contributed by atoms with Gasteiger partial charge in [-0.2, -0.15) is 0 Å². The van der Waals surface area contributed by atoms with E-state index in [4.69, 9.17) is 9.84 Å². The van der Waals surface area contributed by atoms with Crippen molar-refractivity contribution in [1.82, 2.24) is 9.97 Å². The van der Waals surface area contributed by atoms with E-state index in [2.05, 4.69) is 25.9 Å². The highest BCUT2D eigenvalue weighted by Crippen LogP contribution is 2.30. The van der Waals surface area contributed by atoms with Gasteiger partial charge in [0.05, 0.1) is 4.47 Å². The molecule has 1 heterocycles. The third kappa shape index (κ3) is 3.89. The molecule has 0 saturated carbocycles. The molecule has 0 spiro atoms. The summed E-state index contributed by atoms with van der Waals surface area (Å²) in [7, 11) is 0. The van der Waals surface area contributed by atoms with Gasteiger partial charge >= 0.3 is 5.97 Å². The predicted octanol–water partition coefficient (Wildman–Crippen LogP) is 2.92. The molecule has 0 fully saturated rings. The third-order valence-electron chi connectivity index (χ3n) is 2.37. The van der Waals surface area contributed by atoms with Crippen molar-refractivity contribution < 1.29 is 14.6 Å². The molecule has 0 aliphatic heterocycles. The fraction of sp³-hybridized carbons (Fsp3) is 0.0714. The molecule has 0 radical (unpaired) electrons. The van der Waals surface area contributed by atoms with E-state index in [9.17, 15) is 4.79 Å². The maximum Gasteiger partial charge on any atom is 0.328 e. The van der Waals surface area contributed by atoms with Crippen molar-refractivity contribution in [2.24, 2.45) is 0 Å². The van der Waals surface area contributed by atoms with Gasteiger partial charge in [-0.1, -0.05) is 12.1 Å². The summed E-state index contributed by atoms with van der Waals surface area (Å²) in [6.45, 7) is 0.206. The van der Waals surface area contributed by atoms with Gasteiger partial charge in [0.15, 0.2) is 5.82 Å². The second-order valence-electron chi connectivity index (χ2n) is 3.78. The Balaban J connectivity index is 2.19. The van der Waals surface area contributed by atoms with Crippen LogP contribution in [0.1, 0.15) is 11.4 Å². The zero-order chi connectivity index (χ0) is 14.4. The molecular weight excluding hydrogens is 324 g/mol. The van der Waals surface area contributed by atoms with E-state index >= 15 is 0 Å². The smallest absolute Gasteiger partial charge is 0.328 e. The molecule has 6 heteroatoms. The molecule has 5 nitrogen and oxygen atoms in total. The summed E-state index contributed by atoms with van der Waals surface area (Å²) in [6.07, 6.45) is 5.82. The van der Waals surface area contributed by atoms with Crippen LogP contribution in [-0.4, -0.2) is 21.0 Å². The van der Waals surface area contributed by atoms with E-state index in [1.807, 2.05) is 6.07 Å². The minimum absolute atomic E-state index is 0.206. The number of aliphatic carboxylic acids is 1. The van der Waals surface area contributed by atoms with Crippen molar-refractivity contribution in [3.8, 4) is 5.75 Å². The summed E-state index contributed by atoms with van der Waals surface area (Å²) in [5.41, 5.74) is 0.665. The number of carboxylic acids is 1. The van der Waals surface area contributed by atoms with Crippen LogP contribution in [0.3, 0.4) is 0 Å². The average Bonchev–Trinajstić information content (AvgIpc) is 2.45. The Hall–Kier alpha value is -2.21. The summed E-state index contributed by atoms with van der Waals surface area (Å²) in [5.74, 6) is 0.0937. The lowest BCUT2D eigenvalue weighted by Crippen LogP contribution is -2.02. The van der Waals surface area contributed by atoms with Crippen LogP contribution in [0.4, 0.5) is 0 Å². The van der Waals surface area contributed by atoms with Crippen molar-refractivity contribution in [3.63, 3.8) is 0 Å². The van der Waals surface area contributed by atoms with Gasteiger partial charge in [0, 0.05) is 24.0 Å². The fourth-order valence-corrected chi connectivity index (χ4v) is 2.01. The quantitative estimate of drug-likeness (QED) is 0.851. The number of carboxylic acid groups (broad SMARTS) is 1. The highest BCUT2D eigenvalue weighted by molar-refractivity contribution is 9.10. The molecule has 2 aromatic rings. The summed E-state index contributed by atoms with van der Waals surface area (Å²) in [4.78, 5) is 18.7. The molecule has 0 unspecified atom stereocenters. The Bertz CT molecular complexity index is 630. The number of carbonyl (C=O) groups is 1. The van der Waals surface area contributed by atoms with Gasteiger partial charge < -0.3 is 9.84 Å². The molecule has 20 heavy (non-hydrogen) atoms. The zero-order valence-corrected chi connectivity index (χ0v) is 11.9. The minimum Gasteiger partial charge on any atom is -0.484 e. The molecule has 2 rings (SSSR count). The van der Waals surface area contributed by atoms with Gasteiger partial charge in [-0.05, 0) is 34.1 Å². The van der Waals surface area contributed by atoms with Gasteiger partial charge in [0.1, 0.15) is 12.4 Å². The van der Waals surface area contributed by atoms with Crippen LogP contribution in [0, 0.1) is 0 Å². The first-order valence-electron chi connectivity index (χ1n) is 5.75. The fourth-order valence-electron chi connectivity index (χ4n) is 1.51. The summed E-state index contributed by atoms with van der Waals surface area (Å²) in [6, 6.07) is 7.12. The lowest BCUT2D eigenvalue weighted by Gasteiger charge is -2.10. The van der Waals surface area contributed by atoms with Gasteiger partial charge in [-0.15, -0.1) is 0 Å². The standard InChI is InChI=1S/C14H11BrN2O3/c15-11-4-1-3-10(5-6-13(18)19)14(11)20-9-12-16-7-2-8-17-12/h1-8H,9H2,(H,18,19). The number of benzene rings is 1. The predicted molar refractivity (Wildman–Crippen MR) is 77.2 cm³/mol. The van der Waals surface area contributed by atoms with Crippen LogP contribution < -0.4 is 4.74 Å². The zero-order valence-electron chi connectivity index (χ0n) is 10.4. The van der Waals surface area contributed by atoms with E-state index < -0.39 is 5.97 Å². The number of hydrogen-bond acceptors (Lipinski definition) is 4. The topological polar surface area (TPSA) is 72.3 Å². The van der Waals surface area contributed by atoms with E-state index in [-0.39, 0.29) is 6.61 Å². The number of ether oxygens (including phenoxy) is 1. The number of aromatic nitrogens is 2. The van der Waals surface area contributed by atoms with Crippen molar-refractivity contribution in [3.05, 3.63) is 58.6 Å². The van der Waals surface area contributed by atoms with E-state index in [0.717, 1.165) is 10.5 Å². The Morgan fingerprint density at radius 2 is 2.05 bits per heavy atom. The molecular formula is C14H11BrN2O3. The number of rotatable bonds is 5. The molecule has 0 bridgehead atoms. The first-order chi connectivity index (χ1) is 9.66. The Morgan fingerprint density at radius 3 is 2.75 bits per heavy atom. The average molecular weight is 335 g/mol. The van der Waals surface area contributed by atoms with Crippen LogP contribution in [0.5, 0.6) is 5.75 Å². The van der Waals surface area contributed by atoms with Gasteiger partial charge in [0.25, 0.3) is 0 Å². The summed E-state index contributed by atoms with van der Waals surface area (Å²) >= 11 is 3.38. The maximum absolute atomic E-state index is 10.6. The van der Waals surface area contributed by atoms with Crippen molar-refractivity contribution in [1.29, 1.82) is 0 Å². The Morgan fingerprint density at radius 1 is 1.30 bits per heavy atom. The molecule has 1 aromatic carbocycles. The van der Waals surface area contributed by atoms with Crippen LogP contribution in [-0.2, 0) is 11.4 Å². The Kier molecular flexibility index (Phi) is 4.84. The molecule has 0 aliphatic rings. The summed E-state index contributed by atoms with van der Waals surface area (Å²) in [5, 5.41) is 8.68. The highest BCUT2D eigenvalue weighted by Gasteiger charge is 2.07. The number of nitrogens with zero attached hydrogens (tertiary/aromatic N) is 2. The lowest BCUT2D eigenvalue weighted by atomic mass is 10.2. The first-order valence-corrected chi connectivity index (χ1v) is 6.54. The van der Waals surface area contributed by atoms with E-state index in [1.165, 1.54) is 6.08 Å². The lowest BCUT2D eigenvalue weighted by molar-refractivity contribution is -0.131. The minimum atomic E-state index is -1.01. The normalized spacial score (nSPS) is 10.7. The van der Waals surface area contributed by atoms with Crippen LogP contribution >= 0.6 is 15.9 Å². The largest absolute Gasteiger partial charge is 0.484 e. The van der Waals surface area contributed by atoms with Crippen LogP contribution in [0.2, 0.25) is 0 Å². The van der Waals surface area contributed by atoms with Gasteiger partial charge in [-0.3, -0.25) is 0 Å². The van der Waals surface area contributed by atoms with Crippen molar-refractivity contribution >= 4 is 28.0 Å². The van der Waals surface area contributed by atoms with Crippen LogP contribution in [0.25, 0.3) is 6.08 Å². The molecule has 0 aliphatic carbocycles. The molecule has 1 N–H and O–H groups in total. The van der Waals surface area contributed by atoms with E-state index in [1.54, 1.807) is 30.6 Å². The second kappa shape index (κ2) is 6.81. The second-order valence-corrected chi connectivity index (χ2v) is 4.64. The number of hydrogen-bond donors (Lipinski definition) is 1. The van der Waals surface area contributed by atoms with Crippen LogP contribution in [0.15, 0.2) is 47.2 Å². The van der Waals surface area contributed by atoms with Crippen molar-refractivity contribution in [2.45, 2.75) is 6.61 Å². The molecule has 102 valence electrons. The monoisotopic (exact) mass is 334 g/mol. The number of para-hydroxylation sites is 1. The molecule has 1 aromatic heterocycles. The molecule has 0 saturated heterocycles. The Labute approximate surface area is 124 Å². The summed E-state index contributed by atoms with van der Waals surface area (Å²) < 4.78 is 6.41. The highest BCUT2D eigenvalue weighted by atomic mass is 79.9. The van der Waals surface area contributed by atoms with Gasteiger partial charge in [-0.25, -0.2) is 14.8 Å². The molecule has 0 atom stereocenters. The SMILES string of the molecule is O=C(O)C=Cc1cccc(Br)c1OCc1ncccn1. The molecule has 0 amide bonds. The first kappa shape index (κ1) is 14.2. The van der Waals surface area contributed by atoms with E-state index in [0.29, 0.717) is 17.1 Å². The maximum atomic E-state index is 10.6. The van der Waals surface area contributed by atoms with Gasteiger partial charge in [0.2, 0.25) is 0 Å². The number of halogens is 1. The van der Waals surface area contributed by atoms with Crippen molar-refractivity contribution in [2.75, 3.05) is 0 Å². The third-order valence-corrected chi connectivity index (χ3v) is 2.99.